The van der Waals surface area contributed by atoms with Crippen LogP contribution in [0.25, 0.3) is 0 Å². The van der Waals surface area contributed by atoms with Crippen LogP contribution in [0, 0.1) is 5.92 Å². The molecule has 2 fully saturated rings. The quantitative estimate of drug-likeness (QED) is 0.854. The van der Waals surface area contributed by atoms with E-state index in [1.165, 1.54) is 0 Å². The number of nitrogens with two attached hydrogens (primary N) is 1. The van der Waals surface area contributed by atoms with Crippen molar-refractivity contribution < 1.29 is 9.53 Å². The molecule has 0 aliphatic carbocycles. The molecule has 3 rings (SSSR count). The molecule has 2 saturated heterocycles. The predicted molar refractivity (Wildman–Crippen MR) is 63.4 cm³/mol. The van der Waals surface area contributed by atoms with Crippen molar-refractivity contribution in [3.05, 3.63) is 23.9 Å². The van der Waals surface area contributed by atoms with E-state index >= 15 is 0 Å². The molecule has 0 radical (unpaired) electrons. The number of rotatable bonds is 3. The van der Waals surface area contributed by atoms with Gasteiger partial charge >= 0.3 is 0 Å². The summed E-state index contributed by atoms with van der Waals surface area (Å²) < 4.78 is 5.71. The Kier molecular flexibility index (Phi) is 2.59. The SMILES string of the molecule is Nc1cc(CC(=O)C2CC3CCC2O3)ccn1. The molecule has 2 bridgehead atoms. The van der Waals surface area contributed by atoms with Crippen molar-refractivity contribution in [1.82, 2.24) is 4.98 Å². The number of Topliss-reactive ketones (excluding diaryl/α,β-unsaturated/α-hetero) is 1. The molecule has 3 unspecified atom stereocenters. The molecule has 2 N–H and O–H groups in total. The number of nitrogens with zero attached hydrogens (tertiary/aromatic N) is 1. The van der Waals surface area contributed by atoms with Gasteiger partial charge in [0.2, 0.25) is 0 Å². The molecule has 1 aromatic heterocycles. The minimum atomic E-state index is 0.100. The summed E-state index contributed by atoms with van der Waals surface area (Å²) in [5, 5.41) is 0. The van der Waals surface area contributed by atoms with Gasteiger partial charge in [0.15, 0.2) is 0 Å². The number of carbonyl (C=O) groups excluding carboxylic acids is 1. The van der Waals surface area contributed by atoms with E-state index in [0.717, 1.165) is 24.8 Å². The first-order valence-corrected chi connectivity index (χ1v) is 6.11. The van der Waals surface area contributed by atoms with E-state index in [4.69, 9.17) is 10.5 Å². The van der Waals surface area contributed by atoms with Gasteiger partial charge in [-0.25, -0.2) is 4.98 Å². The third kappa shape index (κ3) is 2.05. The normalized spacial score (nSPS) is 30.7. The molecule has 4 heteroatoms. The highest BCUT2D eigenvalue weighted by atomic mass is 16.5. The van der Waals surface area contributed by atoms with Gasteiger partial charge in [-0.05, 0) is 37.0 Å². The Morgan fingerprint density at radius 1 is 1.53 bits per heavy atom. The highest BCUT2D eigenvalue weighted by Crippen LogP contribution is 2.39. The van der Waals surface area contributed by atoms with E-state index < -0.39 is 0 Å². The highest BCUT2D eigenvalue weighted by molar-refractivity contribution is 5.84. The van der Waals surface area contributed by atoms with E-state index in [-0.39, 0.29) is 17.8 Å². The third-order valence-corrected chi connectivity index (χ3v) is 3.74. The maximum absolute atomic E-state index is 12.2. The van der Waals surface area contributed by atoms with Gasteiger partial charge in [-0.3, -0.25) is 4.79 Å². The molecule has 0 amide bonds. The number of hydrogen-bond donors (Lipinski definition) is 1. The summed E-state index contributed by atoms with van der Waals surface area (Å²) in [5.74, 6) is 0.852. The van der Waals surface area contributed by atoms with Crippen LogP contribution in [-0.2, 0) is 16.0 Å². The number of carbonyl (C=O) groups is 1. The van der Waals surface area contributed by atoms with Crippen LogP contribution >= 0.6 is 0 Å². The van der Waals surface area contributed by atoms with Gasteiger partial charge in [0.1, 0.15) is 11.6 Å². The standard InChI is InChI=1S/C13H16N2O2/c14-13-6-8(3-4-15-13)5-11(16)10-7-9-1-2-12(10)17-9/h3-4,6,9-10,12H,1-2,5,7H2,(H2,14,15). The monoisotopic (exact) mass is 232 g/mol. The van der Waals surface area contributed by atoms with E-state index in [1.54, 1.807) is 12.3 Å². The summed E-state index contributed by atoms with van der Waals surface area (Å²) in [4.78, 5) is 16.1. The average molecular weight is 232 g/mol. The molecular formula is C13H16N2O2. The van der Waals surface area contributed by atoms with E-state index in [0.29, 0.717) is 18.3 Å². The summed E-state index contributed by atoms with van der Waals surface area (Å²) >= 11 is 0. The van der Waals surface area contributed by atoms with Crippen molar-refractivity contribution in [2.75, 3.05) is 5.73 Å². The Labute approximate surface area is 100 Å². The Balaban J connectivity index is 1.68. The number of ketones is 1. The second kappa shape index (κ2) is 4.11. The van der Waals surface area contributed by atoms with Gasteiger partial charge in [-0.15, -0.1) is 0 Å². The number of pyridine rings is 1. The zero-order chi connectivity index (χ0) is 11.8. The Morgan fingerprint density at radius 3 is 3.06 bits per heavy atom. The number of nitrogen functional groups attached to an aromatic ring is 1. The largest absolute Gasteiger partial charge is 0.384 e. The van der Waals surface area contributed by atoms with Crippen LogP contribution in [0.2, 0.25) is 0 Å². The molecule has 0 saturated carbocycles. The van der Waals surface area contributed by atoms with Crippen LogP contribution in [0.15, 0.2) is 18.3 Å². The van der Waals surface area contributed by atoms with Crippen LogP contribution in [0.3, 0.4) is 0 Å². The third-order valence-electron chi connectivity index (χ3n) is 3.74. The first-order chi connectivity index (χ1) is 8.22. The Bertz CT molecular complexity index is 447. The summed E-state index contributed by atoms with van der Waals surface area (Å²) in [6.07, 6.45) is 5.67. The van der Waals surface area contributed by atoms with Crippen LogP contribution in [0.1, 0.15) is 24.8 Å². The first-order valence-electron chi connectivity index (χ1n) is 6.11. The second-order valence-electron chi connectivity index (χ2n) is 4.95. The minimum Gasteiger partial charge on any atom is -0.384 e. The van der Waals surface area contributed by atoms with Gasteiger partial charge in [-0.2, -0.15) is 0 Å². The zero-order valence-electron chi connectivity index (χ0n) is 9.63. The molecule has 4 nitrogen and oxygen atoms in total. The number of ether oxygens (including phenoxy) is 1. The number of fused-ring (bicyclic) bond motifs is 2. The van der Waals surface area contributed by atoms with Crippen molar-refractivity contribution in [2.45, 2.75) is 37.9 Å². The lowest BCUT2D eigenvalue weighted by Gasteiger charge is -2.17. The van der Waals surface area contributed by atoms with Crippen molar-refractivity contribution in [1.29, 1.82) is 0 Å². The van der Waals surface area contributed by atoms with E-state index in [1.807, 2.05) is 6.07 Å². The lowest BCUT2D eigenvalue weighted by atomic mass is 9.84. The van der Waals surface area contributed by atoms with Crippen molar-refractivity contribution in [2.24, 2.45) is 5.92 Å². The van der Waals surface area contributed by atoms with Crippen LogP contribution in [0.5, 0.6) is 0 Å². The first kappa shape index (κ1) is 10.7. The fourth-order valence-corrected chi connectivity index (χ4v) is 2.91. The molecule has 2 aliphatic heterocycles. The molecular weight excluding hydrogens is 216 g/mol. The van der Waals surface area contributed by atoms with Crippen LogP contribution < -0.4 is 5.73 Å². The summed E-state index contributed by atoms with van der Waals surface area (Å²) in [6.45, 7) is 0. The zero-order valence-corrected chi connectivity index (χ0v) is 9.63. The fourth-order valence-electron chi connectivity index (χ4n) is 2.91. The lowest BCUT2D eigenvalue weighted by molar-refractivity contribution is -0.123. The van der Waals surface area contributed by atoms with Gasteiger partial charge in [-0.1, -0.05) is 0 Å². The van der Waals surface area contributed by atoms with Crippen molar-refractivity contribution >= 4 is 11.6 Å². The second-order valence-corrected chi connectivity index (χ2v) is 4.95. The topological polar surface area (TPSA) is 65.2 Å². The molecule has 0 aromatic carbocycles. The Hall–Kier alpha value is -1.42. The average Bonchev–Trinajstić information content (AvgIpc) is 2.90. The van der Waals surface area contributed by atoms with E-state index in [9.17, 15) is 4.79 Å². The Morgan fingerprint density at radius 2 is 2.41 bits per heavy atom. The van der Waals surface area contributed by atoms with E-state index in [2.05, 4.69) is 4.98 Å². The van der Waals surface area contributed by atoms with Crippen molar-refractivity contribution in [3.8, 4) is 0 Å². The van der Waals surface area contributed by atoms with Gasteiger partial charge in [0.05, 0.1) is 12.2 Å². The maximum atomic E-state index is 12.2. The predicted octanol–water partition coefficient (Wildman–Crippen LogP) is 1.34. The number of hydrogen-bond acceptors (Lipinski definition) is 4. The molecule has 1 aromatic rings. The maximum Gasteiger partial charge on any atom is 0.143 e. The van der Waals surface area contributed by atoms with Crippen LogP contribution in [-0.4, -0.2) is 23.0 Å². The minimum absolute atomic E-state index is 0.100. The van der Waals surface area contributed by atoms with Crippen LogP contribution in [0.4, 0.5) is 5.82 Å². The van der Waals surface area contributed by atoms with Gasteiger partial charge < -0.3 is 10.5 Å². The molecule has 17 heavy (non-hydrogen) atoms. The van der Waals surface area contributed by atoms with Gasteiger partial charge in [0.25, 0.3) is 0 Å². The summed E-state index contributed by atoms with van der Waals surface area (Å²) in [7, 11) is 0. The highest BCUT2D eigenvalue weighted by Gasteiger charge is 2.43. The smallest absolute Gasteiger partial charge is 0.143 e. The van der Waals surface area contributed by atoms with Gasteiger partial charge in [0, 0.05) is 18.5 Å². The van der Waals surface area contributed by atoms with Crippen molar-refractivity contribution in [3.63, 3.8) is 0 Å². The molecule has 0 spiro atoms. The number of anilines is 1. The molecule has 3 atom stereocenters. The number of aromatic nitrogens is 1. The fraction of sp³-hybridized carbons (Fsp3) is 0.538. The molecule has 3 heterocycles. The molecule has 90 valence electrons. The summed E-state index contributed by atoms with van der Waals surface area (Å²) in [5.41, 5.74) is 6.55. The molecule has 2 aliphatic rings. The lowest BCUT2D eigenvalue weighted by Crippen LogP contribution is -2.26. The summed E-state index contributed by atoms with van der Waals surface area (Å²) in [6, 6.07) is 3.62.